The van der Waals surface area contributed by atoms with Crippen LogP contribution in [0.25, 0.3) is 0 Å². The van der Waals surface area contributed by atoms with E-state index in [1.165, 1.54) is 0 Å². The average Bonchev–Trinajstić information content (AvgIpc) is 0.811. The van der Waals surface area contributed by atoms with Gasteiger partial charge in [0.1, 0.15) is 0 Å². The first-order chi connectivity index (χ1) is 1.73. The van der Waals surface area contributed by atoms with Crippen LogP contribution < -0.4 is 79.6 Å². The number of halogens is 1. The van der Waals surface area contributed by atoms with E-state index >= 15 is 0 Å². The maximum atomic E-state index is 8.44. The van der Waals surface area contributed by atoms with Crippen molar-refractivity contribution in [2.24, 2.45) is 0 Å². The van der Waals surface area contributed by atoms with Crippen molar-refractivity contribution in [3.8, 4) is 0 Å². The molecule has 0 unspecified atom stereocenters. The van der Waals surface area contributed by atoms with Crippen LogP contribution in [0.15, 0.2) is 0 Å². The van der Waals surface area contributed by atoms with E-state index in [4.69, 9.17) is 15.0 Å². The molecule has 4 nitrogen and oxygen atoms in total. The molecular weight excluding hydrogens is 193 g/mol. The summed E-state index contributed by atoms with van der Waals surface area (Å²) in [4.78, 5) is 8.44. The minimum atomic E-state index is -2.08. The zero-order chi connectivity index (χ0) is 3.58. The van der Waals surface area contributed by atoms with Gasteiger partial charge in [0.2, 0.25) is 6.16 Å². The predicted octanol–water partition coefficient (Wildman–Crippen LogP) is -6.73. The summed E-state index contributed by atoms with van der Waals surface area (Å²) >= 11 is 0. The van der Waals surface area contributed by atoms with Crippen molar-refractivity contribution in [2.75, 3.05) is 0 Å². The van der Waals surface area contributed by atoms with E-state index in [1.807, 2.05) is 0 Å². The Hall–Kier alpha value is 1.35. The third-order valence-electron chi connectivity index (χ3n) is 0. The molecule has 0 spiro atoms. The van der Waals surface area contributed by atoms with Gasteiger partial charge in [-0.05, 0) is 0 Å². The van der Waals surface area contributed by atoms with E-state index in [-0.39, 0.29) is 74.5 Å². The molecule has 0 saturated heterocycles. The summed E-state index contributed by atoms with van der Waals surface area (Å²) in [7, 11) is 0. The Morgan fingerprint density at radius 2 is 1.57 bits per heavy atom. The molecule has 0 fully saturated rings. The van der Waals surface area contributed by atoms with Crippen LogP contribution in [0.2, 0.25) is 0 Å². The van der Waals surface area contributed by atoms with Gasteiger partial charge in [0.05, 0.1) is 0 Å². The standard InChI is InChI=1S/CH2O3.BrH.K.H3N/c2-1(3)4;;;/h(H2,2,3,4);1H;;1H3/q;;+1;/p-1. The molecule has 0 aliphatic rings. The van der Waals surface area contributed by atoms with Gasteiger partial charge < -0.3 is 38.1 Å². The Labute approximate surface area is 94.1 Å². The van der Waals surface area contributed by atoms with Crippen molar-refractivity contribution < 1.29 is 83.4 Å². The normalized spacial score (nSPS) is 3.43. The van der Waals surface area contributed by atoms with Crippen LogP contribution >= 0.6 is 0 Å². The summed E-state index contributed by atoms with van der Waals surface area (Å²) in [6, 6.07) is 0. The van der Waals surface area contributed by atoms with Crippen molar-refractivity contribution in [3.05, 3.63) is 0 Å². The SMILES string of the molecule is O=C([O-])O.[Br-].[K+].[NH4+]. The molecule has 0 aliphatic heterocycles. The molecule has 0 saturated carbocycles. The van der Waals surface area contributed by atoms with Gasteiger partial charge in [0, 0.05) is 0 Å². The summed E-state index contributed by atoms with van der Waals surface area (Å²) in [6.07, 6.45) is -2.08. The number of carbonyl (C=O) groups is 1. The largest absolute Gasteiger partial charge is 1.00 e. The Kier molecular flexibility index (Phi) is 53.4. The van der Waals surface area contributed by atoms with Crippen molar-refractivity contribution >= 4 is 6.16 Å². The number of hydrogen-bond donors (Lipinski definition) is 2. The molecule has 0 aromatic rings. The van der Waals surface area contributed by atoms with Crippen molar-refractivity contribution in [1.29, 1.82) is 0 Å². The number of quaternary nitrogens is 1. The summed E-state index contributed by atoms with van der Waals surface area (Å²) in [6.45, 7) is 0. The average molecular weight is 198 g/mol. The molecular formula is CH5BrKNO3. The molecule has 0 aromatic carbocycles. The number of rotatable bonds is 0. The fourth-order valence-electron chi connectivity index (χ4n) is 0. The first-order valence-corrected chi connectivity index (χ1v) is 0.632. The molecule has 7 heavy (non-hydrogen) atoms. The third-order valence-corrected chi connectivity index (χ3v) is 0. The molecule has 40 valence electrons. The second-order valence-electron chi connectivity index (χ2n) is 0.266. The van der Waals surface area contributed by atoms with Gasteiger partial charge in [0.15, 0.2) is 0 Å². The zero-order valence-corrected chi connectivity index (χ0v) is 8.85. The van der Waals surface area contributed by atoms with Crippen LogP contribution in [-0.4, -0.2) is 11.3 Å². The van der Waals surface area contributed by atoms with Crippen molar-refractivity contribution in [1.82, 2.24) is 6.15 Å². The van der Waals surface area contributed by atoms with Gasteiger partial charge in [-0.15, -0.1) is 0 Å². The molecule has 6 heteroatoms. The summed E-state index contributed by atoms with van der Waals surface area (Å²) in [5, 5.41) is 15.3. The van der Waals surface area contributed by atoms with E-state index in [1.54, 1.807) is 0 Å². The monoisotopic (exact) mass is 197 g/mol. The predicted molar refractivity (Wildman–Crippen MR) is 14.0 cm³/mol. The van der Waals surface area contributed by atoms with Crippen LogP contribution in [-0.2, 0) is 0 Å². The summed E-state index contributed by atoms with van der Waals surface area (Å²) < 4.78 is 0. The van der Waals surface area contributed by atoms with Gasteiger partial charge in [-0.3, -0.25) is 0 Å². The van der Waals surface area contributed by atoms with Crippen LogP contribution in [0.5, 0.6) is 0 Å². The topological polar surface area (TPSA) is 96.9 Å². The maximum Gasteiger partial charge on any atom is 1.00 e. The van der Waals surface area contributed by atoms with Crippen molar-refractivity contribution in [3.63, 3.8) is 0 Å². The fourth-order valence-corrected chi connectivity index (χ4v) is 0. The molecule has 0 rings (SSSR count). The van der Waals surface area contributed by atoms with E-state index in [0.717, 1.165) is 0 Å². The maximum absolute atomic E-state index is 8.44. The molecule has 0 heterocycles. The first-order valence-electron chi connectivity index (χ1n) is 0.632. The van der Waals surface area contributed by atoms with Crippen LogP contribution in [0.3, 0.4) is 0 Å². The third kappa shape index (κ3) is 116. The minimum Gasteiger partial charge on any atom is -1.00 e. The molecule has 0 aromatic heterocycles. The number of hydrogen-bond acceptors (Lipinski definition) is 2. The van der Waals surface area contributed by atoms with Crippen LogP contribution in [0, 0.1) is 0 Å². The second kappa shape index (κ2) is 15.7. The van der Waals surface area contributed by atoms with Gasteiger partial charge in [-0.2, -0.15) is 0 Å². The zero-order valence-electron chi connectivity index (χ0n) is 4.14. The van der Waals surface area contributed by atoms with Gasteiger partial charge >= 0.3 is 51.4 Å². The minimum absolute atomic E-state index is 0. The summed E-state index contributed by atoms with van der Waals surface area (Å²) in [5.74, 6) is 0. The molecule has 5 N–H and O–H groups in total. The Bertz CT molecular complexity index is 37.9. The van der Waals surface area contributed by atoms with Gasteiger partial charge in [-0.25, -0.2) is 0 Å². The number of carboxylic acid groups (broad SMARTS) is 2. The van der Waals surface area contributed by atoms with Crippen LogP contribution in [0.4, 0.5) is 4.79 Å². The van der Waals surface area contributed by atoms with Gasteiger partial charge in [0.25, 0.3) is 0 Å². The second-order valence-corrected chi connectivity index (χ2v) is 0.266. The molecule has 0 atom stereocenters. The van der Waals surface area contributed by atoms with E-state index in [0.29, 0.717) is 0 Å². The Morgan fingerprint density at radius 1 is 1.57 bits per heavy atom. The first kappa shape index (κ1) is 23.8. The quantitative estimate of drug-likeness (QED) is 0.378. The van der Waals surface area contributed by atoms with Crippen molar-refractivity contribution in [2.45, 2.75) is 0 Å². The molecule has 0 radical (unpaired) electrons. The smallest absolute Gasteiger partial charge is 1.00 e. The molecule has 0 amide bonds. The van der Waals surface area contributed by atoms with Crippen LogP contribution in [0.1, 0.15) is 0 Å². The molecule has 0 bridgehead atoms. The van der Waals surface area contributed by atoms with E-state index < -0.39 is 6.16 Å². The van der Waals surface area contributed by atoms with E-state index in [9.17, 15) is 0 Å². The summed E-state index contributed by atoms with van der Waals surface area (Å²) in [5.41, 5.74) is 0. The van der Waals surface area contributed by atoms with E-state index in [2.05, 4.69) is 0 Å². The Balaban J connectivity index is -0.0000000150. The van der Waals surface area contributed by atoms with Gasteiger partial charge in [-0.1, -0.05) is 0 Å². The Morgan fingerprint density at radius 3 is 1.57 bits per heavy atom. The molecule has 0 aliphatic carbocycles. The fraction of sp³-hybridized carbons (Fsp3) is 0.